The van der Waals surface area contributed by atoms with Crippen molar-refractivity contribution in [3.8, 4) is 28.6 Å². The monoisotopic (exact) mass is 341 g/mol. The zero-order valence-corrected chi connectivity index (χ0v) is 13.2. The molecular weight excluding hydrogens is 333 g/mol. The second kappa shape index (κ2) is 6.25. The second-order valence-corrected chi connectivity index (χ2v) is 5.64. The fourth-order valence-corrected chi connectivity index (χ4v) is 2.60. The minimum Gasteiger partial charge on any atom is -0.318 e. The molecular formula is C17H9Cl2N3O. The fourth-order valence-electron chi connectivity index (χ4n) is 2.22. The Hall–Kier alpha value is -2.61. The molecule has 0 unspecified atom stereocenters. The Kier molecular flexibility index (Phi) is 4.16. The van der Waals surface area contributed by atoms with Crippen molar-refractivity contribution < 1.29 is 0 Å². The molecule has 0 saturated carbocycles. The lowest BCUT2D eigenvalue weighted by Crippen LogP contribution is -2.15. The smallest absolute Gasteiger partial charge is 0.285 e. The molecule has 3 rings (SSSR count). The summed E-state index contributed by atoms with van der Waals surface area (Å²) < 4.78 is 0. The number of H-pyrrole nitrogens is 1. The van der Waals surface area contributed by atoms with E-state index in [4.69, 9.17) is 28.5 Å². The number of benzene rings is 2. The lowest BCUT2D eigenvalue weighted by Gasteiger charge is -2.10. The number of nitrogens with one attached hydrogen (secondary N) is 1. The molecule has 0 aliphatic rings. The van der Waals surface area contributed by atoms with E-state index in [-0.39, 0.29) is 5.69 Å². The van der Waals surface area contributed by atoms with Gasteiger partial charge in [-0.05, 0) is 24.3 Å². The molecule has 0 aliphatic heterocycles. The van der Waals surface area contributed by atoms with Gasteiger partial charge in [0, 0.05) is 21.2 Å². The van der Waals surface area contributed by atoms with Gasteiger partial charge in [0.2, 0.25) is 5.69 Å². The highest BCUT2D eigenvalue weighted by Gasteiger charge is 2.14. The van der Waals surface area contributed by atoms with Gasteiger partial charge in [-0.1, -0.05) is 47.5 Å². The van der Waals surface area contributed by atoms with Crippen molar-refractivity contribution in [1.29, 1.82) is 5.26 Å². The van der Waals surface area contributed by atoms with Crippen LogP contribution in [-0.4, -0.2) is 9.97 Å². The molecule has 0 radical (unpaired) electrons. The molecule has 1 aromatic heterocycles. The van der Waals surface area contributed by atoms with E-state index in [2.05, 4.69) is 9.97 Å². The number of nitrogens with zero attached hydrogens (tertiary/aromatic N) is 2. The first kappa shape index (κ1) is 15.3. The van der Waals surface area contributed by atoms with Crippen LogP contribution in [0, 0.1) is 11.3 Å². The van der Waals surface area contributed by atoms with Gasteiger partial charge in [0.05, 0.1) is 11.4 Å². The molecule has 6 heteroatoms. The van der Waals surface area contributed by atoms with Crippen LogP contribution in [0.3, 0.4) is 0 Å². The van der Waals surface area contributed by atoms with Gasteiger partial charge >= 0.3 is 0 Å². The van der Waals surface area contributed by atoms with Gasteiger partial charge in [-0.3, -0.25) is 4.79 Å². The Morgan fingerprint density at radius 1 is 1.00 bits per heavy atom. The van der Waals surface area contributed by atoms with E-state index in [0.717, 1.165) is 0 Å². The van der Waals surface area contributed by atoms with Crippen molar-refractivity contribution in [3.63, 3.8) is 0 Å². The molecule has 0 saturated heterocycles. The van der Waals surface area contributed by atoms with E-state index in [9.17, 15) is 4.79 Å². The van der Waals surface area contributed by atoms with Gasteiger partial charge in [0.15, 0.2) is 0 Å². The summed E-state index contributed by atoms with van der Waals surface area (Å²) in [6.07, 6.45) is 0. The predicted octanol–water partition coefficient (Wildman–Crippen LogP) is 4.28. The third-order valence-corrected chi connectivity index (χ3v) is 3.70. The maximum Gasteiger partial charge on any atom is 0.285 e. The minimum absolute atomic E-state index is 0.203. The molecule has 112 valence electrons. The first-order chi connectivity index (χ1) is 11.1. The lowest BCUT2D eigenvalue weighted by atomic mass is 10.0. The summed E-state index contributed by atoms with van der Waals surface area (Å²) in [7, 11) is 0. The van der Waals surface area contributed by atoms with Crippen molar-refractivity contribution >= 4 is 23.2 Å². The summed E-state index contributed by atoms with van der Waals surface area (Å²) in [6, 6.07) is 15.9. The zero-order valence-electron chi connectivity index (χ0n) is 11.7. The topological polar surface area (TPSA) is 69.5 Å². The summed E-state index contributed by atoms with van der Waals surface area (Å²) in [5, 5.41) is 10.1. The molecule has 0 fully saturated rings. The standard InChI is InChI=1S/C17H9Cl2N3O/c18-12-5-1-3-10(7-12)15-16(11-4-2-6-13(19)8-11)22-17(23)14(9-20)21-15/h1-8H,(H,22,23). The van der Waals surface area contributed by atoms with Crippen LogP contribution in [0.4, 0.5) is 0 Å². The predicted molar refractivity (Wildman–Crippen MR) is 90.5 cm³/mol. The van der Waals surface area contributed by atoms with Crippen molar-refractivity contribution in [1.82, 2.24) is 9.97 Å². The lowest BCUT2D eigenvalue weighted by molar-refractivity contribution is 1.11. The van der Waals surface area contributed by atoms with Gasteiger partial charge in [-0.25, -0.2) is 4.98 Å². The third-order valence-electron chi connectivity index (χ3n) is 3.23. The quantitative estimate of drug-likeness (QED) is 0.756. The van der Waals surface area contributed by atoms with Crippen LogP contribution in [0.1, 0.15) is 5.69 Å². The van der Waals surface area contributed by atoms with Crippen LogP contribution in [0.25, 0.3) is 22.5 Å². The molecule has 4 nitrogen and oxygen atoms in total. The third kappa shape index (κ3) is 3.11. The number of nitriles is 1. The second-order valence-electron chi connectivity index (χ2n) is 4.77. The SMILES string of the molecule is N#Cc1nc(-c2cccc(Cl)c2)c(-c2cccc(Cl)c2)[nH]c1=O. The average molecular weight is 342 g/mol. The Bertz CT molecular complexity index is 990. The first-order valence-corrected chi connectivity index (χ1v) is 7.40. The number of aromatic amines is 1. The van der Waals surface area contributed by atoms with Crippen molar-refractivity contribution in [2.24, 2.45) is 0 Å². The summed E-state index contributed by atoms with van der Waals surface area (Å²) in [5.74, 6) is 0. The van der Waals surface area contributed by atoms with E-state index in [1.54, 1.807) is 48.5 Å². The molecule has 0 bridgehead atoms. The van der Waals surface area contributed by atoms with E-state index in [1.807, 2.05) is 6.07 Å². The number of hydrogen-bond donors (Lipinski definition) is 1. The number of aromatic nitrogens is 2. The Balaban J connectivity index is 2.33. The molecule has 0 atom stereocenters. The van der Waals surface area contributed by atoms with E-state index >= 15 is 0 Å². The number of halogens is 2. The van der Waals surface area contributed by atoms with Crippen LogP contribution in [0.2, 0.25) is 10.0 Å². The normalized spacial score (nSPS) is 10.3. The van der Waals surface area contributed by atoms with Crippen LogP contribution in [-0.2, 0) is 0 Å². The first-order valence-electron chi connectivity index (χ1n) is 6.65. The number of hydrogen-bond acceptors (Lipinski definition) is 3. The number of rotatable bonds is 2. The average Bonchev–Trinajstić information content (AvgIpc) is 2.54. The molecule has 0 amide bonds. The summed E-state index contributed by atoms with van der Waals surface area (Å²) in [4.78, 5) is 18.9. The minimum atomic E-state index is -0.548. The maximum absolute atomic E-state index is 12.0. The molecule has 0 aliphatic carbocycles. The molecule has 1 N–H and O–H groups in total. The molecule has 3 aromatic rings. The molecule has 2 aromatic carbocycles. The van der Waals surface area contributed by atoms with Crippen LogP contribution in [0.15, 0.2) is 53.3 Å². The highest BCUT2D eigenvalue weighted by molar-refractivity contribution is 6.31. The van der Waals surface area contributed by atoms with Crippen molar-refractivity contribution in [2.45, 2.75) is 0 Å². The van der Waals surface area contributed by atoms with Crippen molar-refractivity contribution in [3.05, 3.63) is 74.6 Å². The highest BCUT2D eigenvalue weighted by atomic mass is 35.5. The van der Waals surface area contributed by atoms with Crippen LogP contribution >= 0.6 is 23.2 Å². The van der Waals surface area contributed by atoms with Crippen LogP contribution in [0.5, 0.6) is 0 Å². The zero-order chi connectivity index (χ0) is 16.4. The van der Waals surface area contributed by atoms with Gasteiger partial charge in [0.25, 0.3) is 5.56 Å². The van der Waals surface area contributed by atoms with Gasteiger partial charge in [0.1, 0.15) is 6.07 Å². The largest absolute Gasteiger partial charge is 0.318 e. The Morgan fingerprint density at radius 3 is 2.22 bits per heavy atom. The summed E-state index contributed by atoms with van der Waals surface area (Å²) in [6.45, 7) is 0. The summed E-state index contributed by atoms with van der Waals surface area (Å²) >= 11 is 12.1. The summed E-state index contributed by atoms with van der Waals surface area (Å²) in [5.41, 5.74) is 1.59. The van der Waals surface area contributed by atoms with Crippen molar-refractivity contribution in [2.75, 3.05) is 0 Å². The molecule has 0 spiro atoms. The van der Waals surface area contributed by atoms with Gasteiger partial charge in [-0.2, -0.15) is 5.26 Å². The fraction of sp³-hybridized carbons (Fsp3) is 0. The van der Waals surface area contributed by atoms with Gasteiger partial charge < -0.3 is 4.98 Å². The highest BCUT2D eigenvalue weighted by Crippen LogP contribution is 2.30. The van der Waals surface area contributed by atoms with E-state index in [1.165, 1.54) is 0 Å². The van der Waals surface area contributed by atoms with Gasteiger partial charge in [-0.15, -0.1) is 0 Å². The Labute approximate surface area is 142 Å². The van der Waals surface area contributed by atoms with E-state index in [0.29, 0.717) is 32.6 Å². The van der Waals surface area contributed by atoms with Crippen LogP contribution < -0.4 is 5.56 Å². The Morgan fingerprint density at radius 2 is 1.61 bits per heavy atom. The molecule has 1 heterocycles. The maximum atomic E-state index is 12.0. The van der Waals surface area contributed by atoms with E-state index < -0.39 is 5.56 Å². The molecule has 23 heavy (non-hydrogen) atoms.